The number of anilines is 1. The molecule has 0 saturated carbocycles. The maximum absolute atomic E-state index is 10.8. The summed E-state index contributed by atoms with van der Waals surface area (Å²) in [5, 5.41) is 10.4. The van der Waals surface area contributed by atoms with Crippen molar-refractivity contribution in [1.82, 2.24) is 0 Å². The molecule has 0 bridgehead atoms. The second-order valence-electron chi connectivity index (χ2n) is 2.57. The first kappa shape index (κ1) is 12.1. The molecular formula is C6H5IN2O5S. The number of nitro benzene ring substituents is 1. The Hall–Kier alpha value is -0.940. The van der Waals surface area contributed by atoms with Crippen molar-refractivity contribution in [3.05, 3.63) is 25.8 Å². The van der Waals surface area contributed by atoms with Crippen LogP contribution in [-0.2, 0) is 10.1 Å². The summed E-state index contributed by atoms with van der Waals surface area (Å²) in [6, 6.07) is 1.83. The Morgan fingerprint density at radius 3 is 2.40 bits per heavy atom. The molecule has 15 heavy (non-hydrogen) atoms. The molecule has 0 amide bonds. The van der Waals surface area contributed by atoms with Gasteiger partial charge in [0.2, 0.25) is 0 Å². The lowest BCUT2D eigenvalue weighted by molar-refractivity contribution is -0.385. The van der Waals surface area contributed by atoms with Crippen LogP contribution >= 0.6 is 22.6 Å². The second-order valence-corrected chi connectivity index (χ2v) is 5.12. The fourth-order valence-corrected chi connectivity index (χ4v) is 2.35. The van der Waals surface area contributed by atoms with Gasteiger partial charge in [-0.25, -0.2) is 0 Å². The fraction of sp³-hybridized carbons (Fsp3) is 0. The molecule has 3 N–H and O–H groups in total. The van der Waals surface area contributed by atoms with E-state index in [1.807, 2.05) is 0 Å². The topological polar surface area (TPSA) is 124 Å². The van der Waals surface area contributed by atoms with Crippen LogP contribution in [0.15, 0.2) is 17.0 Å². The monoisotopic (exact) mass is 344 g/mol. The zero-order chi connectivity index (χ0) is 11.8. The first-order chi connectivity index (χ1) is 6.73. The first-order valence-corrected chi connectivity index (χ1v) is 5.96. The third-order valence-corrected chi connectivity index (χ3v) is 3.35. The molecule has 1 aromatic rings. The number of nitrogen functional groups attached to an aromatic ring is 1. The molecule has 0 atom stereocenters. The number of hydrogen-bond donors (Lipinski definition) is 2. The van der Waals surface area contributed by atoms with Crippen molar-refractivity contribution in [3.8, 4) is 0 Å². The lowest BCUT2D eigenvalue weighted by Gasteiger charge is -2.04. The van der Waals surface area contributed by atoms with Crippen molar-refractivity contribution >= 4 is 44.1 Å². The quantitative estimate of drug-likeness (QED) is 0.272. The van der Waals surface area contributed by atoms with Gasteiger partial charge in [-0.05, 0) is 22.6 Å². The summed E-state index contributed by atoms with van der Waals surface area (Å²) in [7, 11) is -4.55. The molecule has 0 aliphatic carbocycles. The molecule has 0 radical (unpaired) electrons. The molecule has 0 aliphatic rings. The number of nitrogens with zero attached hydrogens (tertiary/aromatic N) is 1. The van der Waals surface area contributed by atoms with Crippen LogP contribution in [0.4, 0.5) is 11.4 Å². The zero-order valence-corrected chi connectivity index (χ0v) is 10.0. The van der Waals surface area contributed by atoms with Crippen LogP contribution in [0.3, 0.4) is 0 Å². The maximum atomic E-state index is 10.8. The van der Waals surface area contributed by atoms with E-state index in [0.717, 1.165) is 6.07 Å². The predicted octanol–water partition coefficient (Wildman–Crippen LogP) is 1.03. The van der Waals surface area contributed by atoms with Crippen LogP contribution in [0.1, 0.15) is 0 Å². The van der Waals surface area contributed by atoms with Crippen molar-refractivity contribution in [1.29, 1.82) is 0 Å². The van der Waals surface area contributed by atoms with Crippen molar-refractivity contribution < 1.29 is 17.9 Å². The summed E-state index contributed by atoms with van der Waals surface area (Å²) in [4.78, 5) is 9.01. The minimum Gasteiger partial charge on any atom is -0.397 e. The molecule has 0 fully saturated rings. The van der Waals surface area contributed by atoms with Crippen molar-refractivity contribution in [2.45, 2.75) is 4.90 Å². The third kappa shape index (κ3) is 2.54. The van der Waals surface area contributed by atoms with Crippen molar-refractivity contribution in [3.63, 3.8) is 0 Å². The molecule has 1 aromatic carbocycles. The van der Waals surface area contributed by atoms with E-state index >= 15 is 0 Å². The summed E-state index contributed by atoms with van der Waals surface area (Å²) >= 11 is 1.64. The van der Waals surface area contributed by atoms with Crippen LogP contribution in [0.25, 0.3) is 0 Å². The standard InChI is InChI=1S/C6H5IN2O5S/c7-4-1-3(9(10)11)2-5(6(4)8)15(12,13)14/h1-2H,8H2,(H,12,13,14). The van der Waals surface area contributed by atoms with Gasteiger partial charge in [0.15, 0.2) is 0 Å². The van der Waals surface area contributed by atoms with E-state index in [9.17, 15) is 18.5 Å². The molecule has 0 spiro atoms. The number of nitro groups is 1. The van der Waals surface area contributed by atoms with Gasteiger partial charge >= 0.3 is 0 Å². The molecule has 9 heteroatoms. The number of non-ortho nitro benzene ring substituents is 1. The maximum Gasteiger partial charge on any atom is 0.296 e. The fourth-order valence-electron chi connectivity index (χ4n) is 0.898. The van der Waals surface area contributed by atoms with E-state index in [4.69, 9.17) is 10.3 Å². The van der Waals surface area contributed by atoms with E-state index in [1.54, 1.807) is 22.6 Å². The Balaban J connectivity index is 3.59. The summed E-state index contributed by atoms with van der Waals surface area (Å²) in [6.07, 6.45) is 0. The zero-order valence-electron chi connectivity index (χ0n) is 7.05. The SMILES string of the molecule is Nc1c(I)cc([N+](=O)[O-])cc1S(=O)(=O)O. The molecule has 0 saturated heterocycles. The summed E-state index contributed by atoms with van der Waals surface area (Å²) in [5.41, 5.74) is 4.72. The second kappa shape index (κ2) is 3.90. The number of benzene rings is 1. The summed E-state index contributed by atoms with van der Waals surface area (Å²) in [5.74, 6) is 0. The lowest BCUT2D eigenvalue weighted by atomic mass is 10.3. The predicted molar refractivity (Wildman–Crippen MR) is 60.0 cm³/mol. The normalized spacial score (nSPS) is 11.3. The van der Waals surface area contributed by atoms with Crippen LogP contribution in [0.2, 0.25) is 0 Å². The highest BCUT2D eigenvalue weighted by Gasteiger charge is 2.21. The number of nitrogens with two attached hydrogens (primary N) is 1. The Labute approximate surface area is 98.3 Å². The highest BCUT2D eigenvalue weighted by Crippen LogP contribution is 2.29. The van der Waals surface area contributed by atoms with E-state index < -0.39 is 25.6 Å². The van der Waals surface area contributed by atoms with Crippen LogP contribution in [-0.4, -0.2) is 17.9 Å². The van der Waals surface area contributed by atoms with Crippen molar-refractivity contribution in [2.24, 2.45) is 0 Å². The van der Waals surface area contributed by atoms with Gasteiger partial charge in [0.25, 0.3) is 15.8 Å². The average Bonchev–Trinajstić information content (AvgIpc) is 2.06. The van der Waals surface area contributed by atoms with E-state index in [1.165, 1.54) is 0 Å². The molecule has 82 valence electrons. The minimum absolute atomic E-state index is 0.189. The van der Waals surface area contributed by atoms with E-state index in [0.29, 0.717) is 6.07 Å². The molecule has 0 unspecified atom stereocenters. The highest BCUT2D eigenvalue weighted by atomic mass is 127. The van der Waals surface area contributed by atoms with Gasteiger partial charge in [-0.15, -0.1) is 0 Å². The van der Waals surface area contributed by atoms with Crippen molar-refractivity contribution in [2.75, 3.05) is 5.73 Å². The van der Waals surface area contributed by atoms with Crippen LogP contribution in [0.5, 0.6) is 0 Å². The molecule has 7 nitrogen and oxygen atoms in total. The van der Waals surface area contributed by atoms with Gasteiger partial charge in [0, 0.05) is 15.7 Å². The van der Waals surface area contributed by atoms with Gasteiger partial charge in [-0.3, -0.25) is 14.7 Å². The largest absolute Gasteiger partial charge is 0.397 e. The molecule has 0 aliphatic heterocycles. The number of rotatable bonds is 2. The number of halogens is 1. The summed E-state index contributed by atoms with van der Waals surface area (Å²) in [6.45, 7) is 0. The molecular weight excluding hydrogens is 339 g/mol. The number of hydrogen-bond acceptors (Lipinski definition) is 5. The van der Waals surface area contributed by atoms with Gasteiger partial charge in [-0.1, -0.05) is 0 Å². The Morgan fingerprint density at radius 1 is 1.47 bits per heavy atom. The Kier molecular flexibility index (Phi) is 3.16. The highest BCUT2D eigenvalue weighted by molar-refractivity contribution is 14.1. The van der Waals surface area contributed by atoms with Gasteiger partial charge < -0.3 is 5.73 Å². The van der Waals surface area contributed by atoms with E-state index in [-0.39, 0.29) is 9.26 Å². The smallest absolute Gasteiger partial charge is 0.296 e. The molecule has 1 rings (SSSR count). The summed E-state index contributed by atoms with van der Waals surface area (Å²) < 4.78 is 30.6. The van der Waals surface area contributed by atoms with Gasteiger partial charge in [-0.2, -0.15) is 8.42 Å². The lowest BCUT2D eigenvalue weighted by Crippen LogP contribution is -2.06. The van der Waals surface area contributed by atoms with Gasteiger partial charge in [0.05, 0.1) is 10.6 Å². The van der Waals surface area contributed by atoms with Crippen LogP contribution < -0.4 is 5.73 Å². The Morgan fingerprint density at radius 2 is 2.00 bits per heavy atom. The van der Waals surface area contributed by atoms with E-state index in [2.05, 4.69) is 0 Å². The average molecular weight is 344 g/mol. The van der Waals surface area contributed by atoms with Crippen LogP contribution in [0, 0.1) is 13.7 Å². The van der Waals surface area contributed by atoms with Gasteiger partial charge in [0.1, 0.15) is 4.90 Å². The molecule has 0 aromatic heterocycles. The minimum atomic E-state index is -4.55. The molecule has 0 heterocycles. The Bertz CT molecular complexity index is 527. The first-order valence-electron chi connectivity index (χ1n) is 3.44. The third-order valence-electron chi connectivity index (χ3n) is 1.57.